The van der Waals surface area contributed by atoms with E-state index in [0.29, 0.717) is 6.42 Å². The third-order valence-electron chi connectivity index (χ3n) is 4.90. The summed E-state index contributed by atoms with van der Waals surface area (Å²) in [7, 11) is 0. The van der Waals surface area contributed by atoms with Gasteiger partial charge in [0.25, 0.3) is 0 Å². The number of nitrogens with zero attached hydrogens (tertiary/aromatic N) is 5. The third kappa shape index (κ3) is 2.95. The Kier molecular flexibility index (Phi) is 4.30. The Hall–Kier alpha value is -1.30. The number of esters is 1. The standard InChI is InChI=1S/C13H13Cl3N6O4S/c1-11-3-12(11,10(25)26-4-13(14,15)16)22-8(24)7(9(22)27-11)18-6(23)2-21-5-17-19-20-21/h5,7,9H,2-4H2,1H3,(H,18,23)/t7?,9-,11?,12?/m0/s1. The highest BCUT2D eigenvalue weighted by molar-refractivity contribution is 8.02. The quantitative estimate of drug-likeness (QED) is 0.371. The van der Waals surface area contributed by atoms with Crippen molar-refractivity contribution >= 4 is 64.3 Å². The monoisotopic (exact) mass is 454 g/mol. The van der Waals surface area contributed by atoms with E-state index in [9.17, 15) is 14.4 Å². The molecular weight excluding hydrogens is 443 g/mol. The van der Waals surface area contributed by atoms with Crippen molar-refractivity contribution in [3.05, 3.63) is 6.33 Å². The van der Waals surface area contributed by atoms with Gasteiger partial charge in [0.15, 0.2) is 5.54 Å². The molecule has 1 aromatic rings. The Morgan fingerprint density at radius 3 is 2.85 bits per heavy atom. The second-order valence-electron chi connectivity index (χ2n) is 6.73. The molecule has 3 fully saturated rings. The van der Waals surface area contributed by atoms with Gasteiger partial charge in [-0.15, -0.1) is 16.9 Å². The smallest absolute Gasteiger partial charge is 0.333 e. The third-order valence-corrected chi connectivity index (χ3v) is 6.95. The van der Waals surface area contributed by atoms with E-state index in [1.165, 1.54) is 27.7 Å². The molecule has 2 amide bonds. The van der Waals surface area contributed by atoms with Crippen LogP contribution in [-0.2, 0) is 25.7 Å². The van der Waals surface area contributed by atoms with Crippen molar-refractivity contribution in [2.24, 2.45) is 0 Å². The Bertz CT molecular complexity index is 819. The van der Waals surface area contributed by atoms with Gasteiger partial charge < -0.3 is 15.0 Å². The first-order chi connectivity index (χ1) is 12.6. The molecule has 1 N–H and O–H groups in total. The van der Waals surface area contributed by atoms with Crippen LogP contribution in [0.3, 0.4) is 0 Å². The maximum Gasteiger partial charge on any atom is 0.333 e. The van der Waals surface area contributed by atoms with Crippen molar-refractivity contribution in [1.29, 1.82) is 0 Å². The minimum absolute atomic E-state index is 0.109. The van der Waals surface area contributed by atoms with Crippen LogP contribution in [0, 0.1) is 0 Å². The molecule has 0 radical (unpaired) electrons. The average Bonchev–Trinajstić information content (AvgIpc) is 2.89. The number of carbonyl (C=O) groups excluding carboxylic acids is 3. The van der Waals surface area contributed by atoms with Gasteiger partial charge in [-0.2, -0.15) is 0 Å². The molecule has 4 atom stereocenters. The number of carbonyl (C=O) groups is 3. The van der Waals surface area contributed by atoms with Gasteiger partial charge in [-0.3, -0.25) is 9.59 Å². The number of β-lactam (4-membered cyclic amide) rings is 1. The van der Waals surface area contributed by atoms with Gasteiger partial charge >= 0.3 is 5.97 Å². The van der Waals surface area contributed by atoms with E-state index in [0.717, 1.165) is 0 Å². The molecule has 3 aliphatic rings. The van der Waals surface area contributed by atoms with E-state index in [4.69, 9.17) is 39.5 Å². The molecule has 3 heterocycles. The minimum Gasteiger partial charge on any atom is -0.459 e. The van der Waals surface area contributed by atoms with Crippen LogP contribution in [0.2, 0.25) is 0 Å². The fraction of sp³-hybridized carbons (Fsp3) is 0.692. The zero-order valence-corrected chi connectivity index (χ0v) is 16.8. The van der Waals surface area contributed by atoms with Gasteiger partial charge in [0.2, 0.25) is 15.6 Å². The Balaban J connectivity index is 1.42. The molecule has 0 spiro atoms. The SMILES string of the molecule is CC12CC1(C(=O)OCC(Cl)(Cl)Cl)N1C(=O)C(NC(=O)Cn3cnnn3)[C@@H]1S2. The highest BCUT2D eigenvalue weighted by atomic mass is 35.6. The van der Waals surface area contributed by atoms with Crippen molar-refractivity contribution < 1.29 is 19.1 Å². The second kappa shape index (κ2) is 6.10. The minimum atomic E-state index is -1.73. The lowest BCUT2D eigenvalue weighted by atomic mass is 10.0. The number of nitrogens with one attached hydrogen (secondary N) is 1. The summed E-state index contributed by atoms with van der Waals surface area (Å²) in [5, 5.41) is 12.8. The van der Waals surface area contributed by atoms with Crippen LogP contribution >= 0.6 is 46.6 Å². The summed E-state index contributed by atoms with van der Waals surface area (Å²) in [5.41, 5.74) is -1.08. The summed E-state index contributed by atoms with van der Waals surface area (Å²) in [6, 6.07) is -0.721. The molecule has 3 unspecified atom stereocenters. The summed E-state index contributed by atoms with van der Waals surface area (Å²) in [4.78, 5) is 38.8. The lowest BCUT2D eigenvalue weighted by molar-refractivity contribution is -0.166. The number of aromatic nitrogens is 4. The molecule has 2 aliphatic heterocycles. The number of amides is 2. The van der Waals surface area contributed by atoms with E-state index in [1.807, 2.05) is 6.92 Å². The van der Waals surface area contributed by atoms with Gasteiger partial charge in [0.05, 0.1) is 4.75 Å². The number of alkyl halides is 3. The first kappa shape index (κ1) is 19.0. The first-order valence-electron chi connectivity index (χ1n) is 7.82. The summed E-state index contributed by atoms with van der Waals surface area (Å²) >= 11 is 18.3. The molecule has 10 nitrogen and oxygen atoms in total. The molecule has 27 heavy (non-hydrogen) atoms. The summed E-state index contributed by atoms with van der Waals surface area (Å²) < 4.78 is 4.15. The van der Waals surface area contributed by atoms with E-state index in [1.54, 1.807) is 0 Å². The van der Waals surface area contributed by atoms with Crippen molar-refractivity contribution in [3.63, 3.8) is 0 Å². The van der Waals surface area contributed by atoms with Crippen molar-refractivity contribution in [1.82, 2.24) is 30.4 Å². The molecule has 1 aliphatic carbocycles. The Labute approximate surface area is 172 Å². The maximum absolute atomic E-state index is 12.6. The zero-order valence-electron chi connectivity index (χ0n) is 13.8. The van der Waals surface area contributed by atoms with Crippen molar-refractivity contribution in [2.75, 3.05) is 6.61 Å². The maximum atomic E-state index is 12.6. The molecule has 14 heteroatoms. The van der Waals surface area contributed by atoms with Crippen LogP contribution in [0.4, 0.5) is 0 Å². The number of thioether (sulfide) groups is 1. The van der Waals surface area contributed by atoms with E-state index >= 15 is 0 Å². The number of fused-ring (bicyclic) bond motifs is 3. The molecule has 4 rings (SSSR count). The van der Waals surface area contributed by atoms with Crippen LogP contribution < -0.4 is 5.32 Å². The van der Waals surface area contributed by atoms with Gasteiger partial charge in [-0.1, -0.05) is 34.8 Å². The topological polar surface area (TPSA) is 119 Å². The number of hydrogen-bond donors (Lipinski definition) is 1. The molecule has 146 valence electrons. The molecule has 2 saturated heterocycles. The highest BCUT2D eigenvalue weighted by Gasteiger charge is 2.85. The molecular formula is C13H13Cl3N6O4S. The summed E-state index contributed by atoms with van der Waals surface area (Å²) in [5.74, 6) is -1.35. The second-order valence-corrected chi connectivity index (χ2v) is 10.9. The highest BCUT2D eigenvalue weighted by Crippen LogP contribution is 2.72. The van der Waals surface area contributed by atoms with Gasteiger partial charge in [0, 0.05) is 6.42 Å². The van der Waals surface area contributed by atoms with Crippen LogP contribution in [0.25, 0.3) is 0 Å². The fourth-order valence-corrected chi connectivity index (χ4v) is 5.66. The molecule has 1 aromatic heterocycles. The molecule has 0 bridgehead atoms. The Morgan fingerprint density at radius 2 is 2.22 bits per heavy atom. The predicted octanol–water partition coefficient (Wildman–Crippen LogP) is -0.112. The van der Waals surface area contributed by atoms with Gasteiger partial charge in [0.1, 0.15) is 30.9 Å². The van der Waals surface area contributed by atoms with Crippen molar-refractivity contribution in [2.45, 2.75) is 45.4 Å². The van der Waals surface area contributed by atoms with Crippen LogP contribution in [0.1, 0.15) is 13.3 Å². The zero-order chi connectivity index (χ0) is 19.6. The van der Waals surface area contributed by atoms with Crippen LogP contribution in [0.5, 0.6) is 0 Å². The van der Waals surface area contributed by atoms with Crippen LogP contribution in [0.15, 0.2) is 6.33 Å². The number of rotatable bonds is 5. The average molecular weight is 456 g/mol. The Morgan fingerprint density at radius 1 is 1.48 bits per heavy atom. The number of hydrogen-bond acceptors (Lipinski definition) is 8. The first-order valence-corrected chi connectivity index (χ1v) is 9.84. The number of halogens is 3. The van der Waals surface area contributed by atoms with E-state index < -0.39 is 38.6 Å². The fourth-order valence-electron chi connectivity index (χ4n) is 3.58. The predicted molar refractivity (Wildman–Crippen MR) is 95.0 cm³/mol. The molecule has 1 saturated carbocycles. The lowest BCUT2D eigenvalue weighted by Gasteiger charge is -2.46. The van der Waals surface area contributed by atoms with Gasteiger partial charge in [-0.05, 0) is 17.4 Å². The van der Waals surface area contributed by atoms with Crippen LogP contribution in [-0.4, -0.2) is 75.0 Å². The number of ether oxygens (including phenoxy) is 1. The normalized spacial score (nSPS) is 33.8. The largest absolute Gasteiger partial charge is 0.459 e. The lowest BCUT2D eigenvalue weighted by Crippen LogP contribution is -2.72. The summed E-state index contributed by atoms with van der Waals surface area (Å²) in [6.07, 6.45) is 1.75. The van der Waals surface area contributed by atoms with Gasteiger partial charge in [-0.25, -0.2) is 9.48 Å². The molecule has 0 aromatic carbocycles. The van der Waals surface area contributed by atoms with E-state index in [2.05, 4.69) is 20.8 Å². The summed E-state index contributed by atoms with van der Waals surface area (Å²) in [6.45, 7) is 1.36. The van der Waals surface area contributed by atoms with E-state index in [-0.39, 0.29) is 17.8 Å². The number of tetrazole rings is 1. The van der Waals surface area contributed by atoms with Crippen molar-refractivity contribution in [3.8, 4) is 0 Å².